The first-order chi connectivity index (χ1) is 10.1. The summed E-state index contributed by atoms with van der Waals surface area (Å²) in [5.41, 5.74) is 1.36. The molecule has 108 valence electrons. The van der Waals surface area contributed by atoms with Gasteiger partial charge in [-0.1, -0.05) is 18.2 Å². The van der Waals surface area contributed by atoms with Gasteiger partial charge in [0, 0.05) is 10.9 Å². The summed E-state index contributed by atoms with van der Waals surface area (Å²) in [5.74, 6) is -0.242. The number of rotatable bonds is 2. The largest absolute Gasteiger partial charge is 0.392 e. The second kappa shape index (κ2) is 5.14. The van der Waals surface area contributed by atoms with E-state index in [1.165, 1.54) is 0 Å². The molecule has 1 aromatic heterocycles. The Hall–Kier alpha value is -2.47. The van der Waals surface area contributed by atoms with Crippen LogP contribution in [0.5, 0.6) is 0 Å². The second-order valence-corrected chi connectivity index (χ2v) is 5.04. The number of carbonyl (C=O) groups excluding carboxylic acids is 2. The van der Waals surface area contributed by atoms with E-state index in [-0.39, 0.29) is 25.0 Å². The summed E-state index contributed by atoms with van der Waals surface area (Å²) in [7, 11) is 0. The van der Waals surface area contributed by atoms with Crippen LogP contribution in [0.15, 0.2) is 30.3 Å². The molecule has 1 aliphatic heterocycles. The first-order valence-corrected chi connectivity index (χ1v) is 6.70. The van der Waals surface area contributed by atoms with E-state index in [0.717, 1.165) is 10.9 Å². The highest BCUT2D eigenvalue weighted by molar-refractivity contribution is 6.04. The number of pyridine rings is 1. The summed E-state index contributed by atoms with van der Waals surface area (Å²) in [6.07, 6.45) is 0. The van der Waals surface area contributed by atoms with Crippen LogP contribution in [0.1, 0.15) is 12.5 Å². The first-order valence-electron chi connectivity index (χ1n) is 6.70. The summed E-state index contributed by atoms with van der Waals surface area (Å²) in [6.45, 7) is 1.55. The van der Waals surface area contributed by atoms with Gasteiger partial charge in [0.25, 0.3) is 0 Å². The number of piperazine rings is 1. The van der Waals surface area contributed by atoms with Crippen molar-refractivity contribution in [3.63, 3.8) is 0 Å². The minimum atomic E-state index is -0.512. The molecular weight excluding hydrogens is 270 g/mol. The molecule has 1 aromatic carbocycles. The van der Waals surface area contributed by atoms with Crippen LogP contribution in [0.2, 0.25) is 0 Å². The van der Waals surface area contributed by atoms with Crippen molar-refractivity contribution in [1.29, 1.82) is 0 Å². The Bertz CT molecular complexity index is 729. The van der Waals surface area contributed by atoms with Crippen molar-refractivity contribution in [1.82, 2.24) is 10.3 Å². The number of hydrogen-bond donors (Lipinski definition) is 2. The van der Waals surface area contributed by atoms with Crippen LogP contribution in [0.25, 0.3) is 10.9 Å². The molecule has 6 nitrogen and oxygen atoms in total. The molecule has 2 amide bonds. The summed E-state index contributed by atoms with van der Waals surface area (Å²) >= 11 is 0. The average molecular weight is 285 g/mol. The molecule has 0 bridgehead atoms. The fourth-order valence-corrected chi connectivity index (χ4v) is 2.49. The minimum Gasteiger partial charge on any atom is -0.392 e. The molecule has 3 rings (SSSR count). The summed E-state index contributed by atoms with van der Waals surface area (Å²) in [6, 6.07) is 8.85. The van der Waals surface area contributed by atoms with Crippen LogP contribution in [-0.4, -0.2) is 34.5 Å². The van der Waals surface area contributed by atoms with Gasteiger partial charge >= 0.3 is 0 Å². The molecule has 21 heavy (non-hydrogen) atoms. The molecule has 2 aromatic rings. The van der Waals surface area contributed by atoms with Gasteiger partial charge in [-0.05, 0) is 19.1 Å². The predicted octanol–water partition coefficient (Wildman–Crippen LogP) is 0.578. The highest BCUT2D eigenvalue weighted by atomic mass is 16.3. The lowest BCUT2D eigenvalue weighted by Crippen LogP contribution is -2.57. The van der Waals surface area contributed by atoms with Gasteiger partial charge in [0.05, 0.1) is 18.7 Å². The van der Waals surface area contributed by atoms with Gasteiger partial charge < -0.3 is 10.0 Å². The molecule has 6 heteroatoms. The first kappa shape index (κ1) is 13.5. The van der Waals surface area contributed by atoms with Crippen LogP contribution in [0.4, 0.5) is 5.82 Å². The van der Waals surface area contributed by atoms with E-state index in [2.05, 4.69) is 10.3 Å². The van der Waals surface area contributed by atoms with Crippen molar-refractivity contribution in [3.05, 3.63) is 35.9 Å². The van der Waals surface area contributed by atoms with E-state index >= 15 is 0 Å². The zero-order chi connectivity index (χ0) is 15.0. The fraction of sp³-hybridized carbons (Fsp3) is 0.267. The van der Waals surface area contributed by atoms with Gasteiger partial charge in [0.15, 0.2) is 0 Å². The Balaban J connectivity index is 2.13. The van der Waals surface area contributed by atoms with Crippen LogP contribution in [0.3, 0.4) is 0 Å². The monoisotopic (exact) mass is 285 g/mol. The van der Waals surface area contributed by atoms with Crippen molar-refractivity contribution in [2.24, 2.45) is 0 Å². The van der Waals surface area contributed by atoms with Crippen molar-refractivity contribution >= 4 is 28.5 Å². The van der Waals surface area contributed by atoms with Gasteiger partial charge in [-0.3, -0.25) is 14.9 Å². The highest BCUT2D eigenvalue weighted by Crippen LogP contribution is 2.26. The third-order valence-corrected chi connectivity index (χ3v) is 3.65. The Morgan fingerprint density at radius 1 is 1.38 bits per heavy atom. The van der Waals surface area contributed by atoms with Gasteiger partial charge in [-0.25, -0.2) is 4.98 Å². The minimum absolute atomic E-state index is 0.0469. The number of imide groups is 1. The number of amides is 2. The second-order valence-electron chi connectivity index (χ2n) is 5.04. The van der Waals surface area contributed by atoms with E-state index in [4.69, 9.17) is 0 Å². The maximum absolute atomic E-state index is 11.8. The number of nitrogens with zero attached hydrogens (tertiary/aromatic N) is 2. The van der Waals surface area contributed by atoms with Crippen molar-refractivity contribution in [3.8, 4) is 0 Å². The Kier molecular flexibility index (Phi) is 3.31. The normalized spacial score (nSPS) is 19.0. The molecule has 0 spiro atoms. The maximum atomic E-state index is 11.8. The standard InChI is InChI=1S/C15H15N3O3/c1-9-15(21)17-13(20)7-18(9)14-11(8-19)6-10-4-2-3-5-12(10)16-14/h2-6,9,19H,7-8H2,1H3,(H,17,20,21). The summed E-state index contributed by atoms with van der Waals surface area (Å²) in [5, 5.41) is 12.8. The number of anilines is 1. The predicted molar refractivity (Wildman–Crippen MR) is 77.6 cm³/mol. The van der Waals surface area contributed by atoms with Crippen LogP contribution in [-0.2, 0) is 16.2 Å². The molecule has 0 aliphatic carbocycles. The molecule has 0 radical (unpaired) electrons. The number of fused-ring (bicyclic) bond motifs is 1. The lowest BCUT2D eigenvalue weighted by atomic mass is 10.1. The summed E-state index contributed by atoms with van der Waals surface area (Å²) in [4.78, 5) is 29.5. The fourth-order valence-electron chi connectivity index (χ4n) is 2.49. The number of aliphatic hydroxyl groups is 1. The van der Waals surface area contributed by atoms with Crippen molar-refractivity contribution < 1.29 is 14.7 Å². The van der Waals surface area contributed by atoms with Gasteiger partial charge in [0.1, 0.15) is 11.9 Å². The average Bonchev–Trinajstić information content (AvgIpc) is 2.49. The Morgan fingerprint density at radius 3 is 2.90 bits per heavy atom. The Labute approximate surface area is 121 Å². The quantitative estimate of drug-likeness (QED) is 0.789. The van der Waals surface area contributed by atoms with E-state index < -0.39 is 6.04 Å². The SMILES string of the molecule is CC1C(=O)NC(=O)CN1c1nc2ccccc2cc1CO. The van der Waals surface area contributed by atoms with E-state index in [0.29, 0.717) is 11.4 Å². The molecule has 1 aliphatic rings. The number of carbonyl (C=O) groups is 2. The van der Waals surface area contributed by atoms with Gasteiger partial charge in [-0.2, -0.15) is 0 Å². The molecule has 2 heterocycles. The van der Waals surface area contributed by atoms with Gasteiger partial charge in [0.2, 0.25) is 11.8 Å². The maximum Gasteiger partial charge on any atom is 0.249 e. The number of aliphatic hydroxyl groups excluding tert-OH is 1. The number of para-hydroxylation sites is 1. The molecule has 1 unspecified atom stereocenters. The van der Waals surface area contributed by atoms with Crippen molar-refractivity contribution in [2.75, 3.05) is 11.4 Å². The topological polar surface area (TPSA) is 82.5 Å². The van der Waals surface area contributed by atoms with Crippen molar-refractivity contribution in [2.45, 2.75) is 19.6 Å². The van der Waals surface area contributed by atoms with Crippen LogP contribution in [0, 0.1) is 0 Å². The molecular formula is C15H15N3O3. The zero-order valence-corrected chi connectivity index (χ0v) is 11.5. The zero-order valence-electron chi connectivity index (χ0n) is 11.5. The van der Waals surface area contributed by atoms with Crippen LogP contribution < -0.4 is 10.2 Å². The lowest BCUT2D eigenvalue weighted by molar-refractivity contribution is -0.132. The van der Waals surface area contributed by atoms with E-state index in [9.17, 15) is 14.7 Å². The summed E-state index contributed by atoms with van der Waals surface area (Å²) < 4.78 is 0. The van der Waals surface area contributed by atoms with E-state index in [1.54, 1.807) is 11.8 Å². The number of aromatic nitrogens is 1. The number of nitrogens with one attached hydrogen (secondary N) is 1. The molecule has 1 fully saturated rings. The highest BCUT2D eigenvalue weighted by Gasteiger charge is 2.32. The molecule has 2 N–H and O–H groups in total. The molecule has 0 saturated carbocycles. The Morgan fingerprint density at radius 2 is 2.14 bits per heavy atom. The van der Waals surface area contributed by atoms with E-state index in [1.807, 2.05) is 30.3 Å². The van der Waals surface area contributed by atoms with Gasteiger partial charge in [-0.15, -0.1) is 0 Å². The molecule has 1 saturated heterocycles. The third-order valence-electron chi connectivity index (χ3n) is 3.65. The number of benzene rings is 1. The number of hydrogen-bond acceptors (Lipinski definition) is 5. The lowest BCUT2D eigenvalue weighted by Gasteiger charge is -2.33. The van der Waals surface area contributed by atoms with Crippen LogP contribution >= 0.6 is 0 Å². The molecule has 1 atom stereocenters. The third kappa shape index (κ3) is 2.34. The smallest absolute Gasteiger partial charge is 0.249 e.